The van der Waals surface area contributed by atoms with Gasteiger partial charge in [-0.3, -0.25) is 4.68 Å². The van der Waals surface area contributed by atoms with Gasteiger partial charge in [0, 0.05) is 31.1 Å². The predicted molar refractivity (Wildman–Crippen MR) is 73.4 cm³/mol. The van der Waals surface area contributed by atoms with E-state index in [1.165, 1.54) is 10.9 Å². The van der Waals surface area contributed by atoms with Gasteiger partial charge in [-0.2, -0.15) is 5.10 Å². The normalized spacial score (nSPS) is 13.1. The maximum Gasteiger partial charge on any atom is 0.0841 e. The smallest absolute Gasteiger partial charge is 0.0841 e. The summed E-state index contributed by atoms with van der Waals surface area (Å²) in [6.45, 7) is 6.03. The number of benzene rings is 1. The Morgan fingerprint density at radius 3 is 2.89 bits per heavy atom. The number of aliphatic hydroxyl groups excluding tert-OH is 1. The van der Waals surface area contributed by atoms with Crippen molar-refractivity contribution in [2.75, 3.05) is 6.61 Å². The first-order valence-electron chi connectivity index (χ1n) is 6.55. The molecule has 0 bridgehead atoms. The van der Waals surface area contributed by atoms with E-state index < -0.39 is 0 Å². The highest BCUT2D eigenvalue weighted by molar-refractivity contribution is 5.81. The lowest BCUT2D eigenvalue weighted by Gasteiger charge is -2.10. The van der Waals surface area contributed by atoms with E-state index in [4.69, 9.17) is 5.11 Å². The SMILES string of the molecule is CCn1nc(CNC(C)CCO)c2ccccc21. The summed E-state index contributed by atoms with van der Waals surface area (Å²) in [7, 11) is 0. The molecule has 18 heavy (non-hydrogen) atoms. The number of aliphatic hydroxyl groups is 1. The fourth-order valence-electron chi connectivity index (χ4n) is 2.13. The summed E-state index contributed by atoms with van der Waals surface area (Å²) in [5.41, 5.74) is 2.27. The highest BCUT2D eigenvalue weighted by atomic mass is 16.3. The summed E-state index contributed by atoms with van der Waals surface area (Å²) in [6.07, 6.45) is 0.770. The van der Waals surface area contributed by atoms with E-state index in [-0.39, 0.29) is 6.61 Å². The number of hydrogen-bond donors (Lipinski definition) is 2. The molecule has 4 heteroatoms. The molecular formula is C14H21N3O. The van der Waals surface area contributed by atoms with Gasteiger partial charge in [-0.15, -0.1) is 0 Å². The first-order chi connectivity index (χ1) is 8.76. The summed E-state index contributed by atoms with van der Waals surface area (Å²) in [6, 6.07) is 8.61. The van der Waals surface area contributed by atoms with Crippen LogP contribution in [-0.2, 0) is 13.1 Å². The molecule has 0 fully saturated rings. The van der Waals surface area contributed by atoms with Gasteiger partial charge in [-0.05, 0) is 26.3 Å². The highest BCUT2D eigenvalue weighted by Crippen LogP contribution is 2.18. The molecule has 2 aromatic rings. The van der Waals surface area contributed by atoms with E-state index in [0.717, 1.165) is 25.2 Å². The number of aromatic nitrogens is 2. The van der Waals surface area contributed by atoms with E-state index in [1.54, 1.807) is 0 Å². The molecule has 0 saturated carbocycles. The second-order valence-electron chi connectivity index (χ2n) is 4.57. The molecule has 0 amide bonds. The number of rotatable bonds is 6. The number of nitrogens with one attached hydrogen (secondary N) is 1. The molecule has 0 aliphatic rings. The Hall–Kier alpha value is -1.39. The Bertz CT molecular complexity index is 507. The van der Waals surface area contributed by atoms with Gasteiger partial charge < -0.3 is 10.4 Å². The molecule has 2 rings (SSSR count). The monoisotopic (exact) mass is 247 g/mol. The minimum atomic E-state index is 0.221. The number of fused-ring (bicyclic) bond motifs is 1. The topological polar surface area (TPSA) is 50.1 Å². The Kier molecular flexibility index (Phi) is 4.33. The molecule has 1 atom stereocenters. The summed E-state index contributed by atoms with van der Waals surface area (Å²) >= 11 is 0. The van der Waals surface area contributed by atoms with E-state index in [9.17, 15) is 0 Å². The standard InChI is InChI=1S/C14H21N3O/c1-3-17-14-7-5-4-6-12(14)13(16-17)10-15-11(2)8-9-18/h4-7,11,15,18H,3,8-10H2,1-2H3. The van der Waals surface area contributed by atoms with Gasteiger partial charge in [-0.1, -0.05) is 18.2 Å². The number of aryl methyl sites for hydroxylation is 1. The van der Waals surface area contributed by atoms with Gasteiger partial charge in [-0.25, -0.2) is 0 Å². The van der Waals surface area contributed by atoms with E-state index in [0.29, 0.717) is 6.04 Å². The van der Waals surface area contributed by atoms with Gasteiger partial charge in [0.1, 0.15) is 0 Å². The first-order valence-corrected chi connectivity index (χ1v) is 6.55. The van der Waals surface area contributed by atoms with Gasteiger partial charge in [0.2, 0.25) is 0 Å². The van der Waals surface area contributed by atoms with E-state index >= 15 is 0 Å². The Morgan fingerprint density at radius 1 is 1.39 bits per heavy atom. The van der Waals surface area contributed by atoms with Crippen LogP contribution in [0.25, 0.3) is 10.9 Å². The largest absolute Gasteiger partial charge is 0.396 e. The van der Waals surface area contributed by atoms with E-state index in [1.807, 2.05) is 16.8 Å². The lowest BCUT2D eigenvalue weighted by molar-refractivity contribution is 0.268. The Morgan fingerprint density at radius 2 is 2.17 bits per heavy atom. The molecule has 0 spiro atoms. The average molecular weight is 247 g/mol. The van der Waals surface area contributed by atoms with Crippen LogP contribution in [0.15, 0.2) is 24.3 Å². The van der Waals surface area contributed by atoms with Crippen LogP contribution in [-0.4, -0.2) is 27.5 Å². The van der Waals surface area contributed by atoms with Crippen LogP contribution < -0.4 is 5.32 Å². The van der Waals surface area contributed by atoms with Gasteiger partial charge >= 0.3 is 0 Å². The Balaban J connectivity index is 2.18. The van der Waals surface area contributed by atoms with Crippen molar-refractivity contribution in [2.24, 2.45) is 0 Å². The van der Waals surface area contributed by atoms with Crippen molar-refractivity contribution in [2.45, 2.75) is 39.4 Å². The lowest BCUT2D eigenvalue weighted by atomic mass is 10.2. The summed E-state index contributed by atoms with van der Waals surface area (Å²) in [5.74, 6) is 0. The molecule has 0 aliphatic heterocycles. The van der Waals surface area contributed by atoms with Crippen molar-refractivity contribution >= 4 is 10.9 Å². The van der Waals surface area contributed by atoms with Crippen molar-refractivity contribution in [1.82, 2.24) is 15.1 Å². The zero-order valence-electron chi connectivity index (χ0n) is 11.1. The summed E-state index contributed by atoms with van der Waals surface area (Å²) < 4.78 is 2.03. The third-order valence-corrected chi connectivity index (χ3v) is 3.21. The molecule has 98 valence electrons. The highest BCUT2D eigenvalue weighted by Gasteiger charge is 2.09. The van der Waals surface area contributed by atoms with Crippen LogP contribution in [0.3, 0.4) is 0 Å². The van der Waals surface area contributed by atoms with E-state index in [2.05, 4.69) is 36.4 Å². The van der Waals surface area contributed by atoms with Crippen LogP contribution in [0.2, 0.25) is 0 Å². The second-order valence-corrected chi connectivity index (χ2v) is 4.57. The molecule has 1 heterocycles. The summed E-state index contributed by atoms with van der Waals surface area (Å²) in [5, 5.41) is 18.1. The molecule has 1 unspecified atom stereocenters. The van der Waals surface area contributed by atoms with Crippen molar-refractivity contribution in [3.8, 4) is 0 Å². The molecule has 2 N–H and O–H groups in total. The van der Waals surface area contributed by atoms with Crippen LogP contribution in [0.1, 0.15) is 26.0 Å². The quantitative estimate of drug-likeness (QED) is 0.820. The minimum Gasteiger partial charge on any atom is -0.396 e. The molecule has 0 saturated heterocycles. The van der Waals surface area contributed by atoms with Crippen molar-refractivity contribution in [1.29, 1.82) is 0 Å². The number of nitrogens with zero attached hydrogens (tertiary/aromatic N) is 2. The van der Waals surface area contributed by atoms with Crippen LogP contribution in [0.4, 0.5) is 0 Å². The van der Waals surface area contributed by atoms with Gasteiger partial charge in [0.15, 0.2) is 0 Å². The average Bonchev–Trinajstić information content (AvgIpc) is 2.75. The molecular weight excluding hydrogens is 226 g/mol. The van der Waals surface area contributed by atoms with Crippen molar-refractivity contribution < 1.29 is 5.11 Å². The molecule has 4 nitrogen and oxygen atoms in total. The van der Waals surface area contributed by atoms with Gasteiger partial charge in [0.25, 0.3) is 0 Å². The molecule has 1 aromatic carbocycles. The van der Waals surface area contributed by atoms with Crippen molar-refractivity contribution in [3.63, 3.8) is 0 Å². The second kappa shape index (κ2) is 5.98. The van der Waals surface area contributed by atoms with Crippen LogP contribution in [0.5, 0.6) is 0 Å². The maximum atomic E-state index is 8.89. The minimum absolute atomic E-state index is 0.221. The lowest BCUT2D eigenvalue weighted by Crippen LogP contribution is -2.26. The van der Waals surface area contributed by atoms with Crippen LogP contribution in [0, 0.1) is 0 Å². The molecule has 1 aromatic heterocycles. The Labute approximate surface area is 108 Å². The van der Waals surface area contributed by atoms with Crippen molar-refractivity contribution in [3.05, 3.63) is 30.0 Å². The summed E-state index contributed by atoms with van der Waals surface area (Å²) in [4.78, 5) is 0. The van der Waals surface area contributed by atoms with Crippen LogP contribution >= 0.6 is 0 Å². The molecule has 0 aliphatic carbocycles. The number of para-hydroxylation sites is 1. The zero-order valence-corrected chi connectivity index (χ0v) is 11.1. The van der Waals surface area contributed by atoms with Gasteiger partial charge in [0.05, 0.1) is 11.2 Å². The zero-order chi connectivity index (χ0) is 13.0. The third kappa shape index (κ3) is 2.71. The fraction of sp³-hybridized carbons (Fsp3) is 0.500. The predicted octanol–water partition coefficient (Wildman–Crippen LogP) is 1.92. The molecule has 0 radical (unpaired) electrons. The first kappa shape index (κ1) is 13.1. The fourth-order valence-corrected chi connectivity index (χ4v) is 2.13. The third-order valence-electron chi connectivity index (χ3n) is 3.21. The maximum absolute atomic E-state index is 8.89. The number of hydrogen-bond acceptors (Lipinski definition) is 3.